The van der Waals surface area contributed by atoms with Crippen molar-refractivity contribution in [3.05, 3.63) is 47.5 Å². The zero-order valence-electron chi connectivity index (χ0n) is 21.5. The Morgan fingerprint density at radius 2 is 1.59 bits per heavy atom. The fourth-order valence-electron chi connectivity index (χ4n) is 4.24. The third kappa shape index (κ3) is 6.94. The molecular weight excluding hydrogens is 452 g/mol. The molecule has 2 aromatic rings. The molecule has 0 N–H and O–H groups in total. The van der Waals surface area contributed by atoms with E-state index in [2.05, 4.69) is 44.0 Å². The van der Waals surface area contributed by atoms with Gasteiger partial charge in [-0.1, -0.05) is 26.0 Å². The molecule has 0 aliphatic carbocycles. The molecule has 0 fully saturated rings. The Balaban J connectivity index is 0.00000578. The number of benzene rings is 2. The molecule has 2 rings (SSSR count). The fourth-order valence-corrected chi connectivity index (χ4v) is 4.24. The normalized spacial score (nSPS) is 12.5. The Labute approximate surface area is 211 Å². The molecule has 0 radical (unpaired) electrons. The number of halogens is 1. The Bertz CT molecular complexity index is 919. The molecule has 1 atom stereocenters. The first kappa shape index (κ1) is 29.4. The van der Waals surface area contributed by atoms with E-state index in [0.717, 1.165) is 43.7 Å². The van der Waals surface area contributed by atoms with Gasteiger partial charge in [0.2, 0.25) is 5.75 Å². The number of methoxy groups -OCH3 is 4. The van der Waals surface area contributed by atoms with E-state index in [9.17, 15) is 5.26 Å². The van der Waals surface area contributed by atoms with Gasteiger partial charge in [-0.05, 0) is 74.2 Å². The molecule has 34 heavy (non-hydrogen) atoms. The molecule has 2 aromatic carbocycles. The molecule has 7 heteroatoms. The summed E-state index contributed by atoms with van der Waals surface area (Å²) < 4.78 is 21.9. The highest BCUT2D eigenvalue weighted by molar-refractivity contribution is 5.85. The van der Waals surface area contributed by atoms with E-state index < -0.39 is 5.41 Å². The van der Waals surface area contributed by atoms with Crippen LogP contribution in [0.3, 0.4) is 0 Å². The monoisotopic (exact) mass is 490 g/mol. The summed E-state index contributed by atoms with van der Waals surface area (Å²) in [6.45, 7) is 6.04. The molecule has 0 aliphatic rings. The minimum atomic E-state index is -0.652. The van der Waals surface area contributed by atoms with Crippen molar-refractivity contribution in [1.82, 2.24) is 4.90 Å². The molecule has 0 heterocycles. The van der Waals surface area contributed by atoms with Crippen LogP contribution in [-0.2, 0) is 11.8 Å². The topological polar surface area (TPSA) is 64.0 Å². The molecule has 0 bridgehead atoms. The quantitative estimate of drug-likeness (QED) is 0.368. The van der Waals surface area contributed by atoms with Gasteiger partial charge < -0.3 is 23.8 Å². The van der Waals surface area contributed by atoms with E-state index in [4.69, 9.17) is 18.9 Å². The lowest BCUT2D eigenvalue weighted by atomic mass is 9.69. The minimum absolute atomic E-state index is 0. The number of nitriles is 1. The van der Waals surface area contributed by atoms with E-state index in [1.165, 1.54) is 5.56 Å². The Hall–Kier alpha value is -2.62. The highest BCUT2D eigenvalue weighted by Crippen LogP contribution is 2.45. The Morgan fingerprint density at radius 1 is 0.941 bits per heavy atom. The summed E-state index contributed by atoms with van der Waals surface area (Å²) >= 11 is 0. The maximum absolute atomic E-state index is 10.3. The first-order chi connectivity index (χ1) is 15.8. The van der Waals surface area contributed by atoms with Crippen LogP contribution in [-0.4, -0.2) is 53.5 Å². The zero-order valence-corrected chi connectivity index (χ0v) is 22.3. The highest BCUT2D eigenvalue weighted by Gasteiger charge is 2.37. The van der Waals surface area contributed by atoms with Crippen molar-refractivity contribution in [2.24, 2.45) is 5.92 Å². The van der Waals surface area contributed by atoms with Crippen LogP contribution in [0.2, 0.25) is 0 Å². The first-order valence-corrected chi connectivity index (χ1v) is 11.4. The van der Waals surface area contributed by atoms with Crippen LogP contribution in [0.5, 0.6) is 23.0 Å². The van der Waals surface area contributed by atoms with Gasteiger partial charge in [0.15, 0.2) is 11.5 Å². The fraction of sp³-hybridized carbons (Fsp3) is 0.519. The predicted octanol–water partition coefficient (Wildman–Crippen LogP) is 5.51. The van der Waals surface area contributed by atoms with Crippen LogP contribution < -0.4 is 18.9 Å². The van der Waals surface area contributed by atoms with Gasteiger partial charge in [0.05, 0.1) is 39.9 Å². The van der Waals surface area contributed by atoms with Crippen molar-refractivity contribution >= 4 is 12.4 Å². The van der Waals surface area contributed by atoms with Gasteiger partial charge in [-0.25, -0.2) is 0 Å². The van der Waals surface area contributed by atoms with E-state index in [1.54, 1.807) is 28.4 Å². The van der Waals surface area contributed by atoms with Crippen molar-refractivity contribution in [1.29, 1.82) is 5.26 Å². The number of hydrogen-bond donors (Lipinski definition) is 0. The second kappa shape index (κ2) is 13.9. The van der Waals surface area contributed by atoms with Crippen molar-refractivity contribution in [2.45, 2.75) is 38.5 Å². The summed E-state index contributed by atoms with van der Waals surface area (Å²) in [5.74, 6) is 2.69. The van der Waals surface area contributed by atoms with Crippen LogP contribution in [0.25, 0.3) is 0 Å². The predicted molar refractivity (Wildman–Crippen MR) is 139 cm³/mol. The van der Waals surface area contributed by atoms with Crippen LogP contribution in [0.4, 0.5) is 0 Å². The van der Waals surface area contributed by atoms with Crippen molar-refractivity contribution in [3.63, 3.8) is 0 Å². The van der Waals surface area contributed by atoms with Gasteiger partial charge in [-0.3, -0.25) is 0 Å². The van der Waals surface area contributed by atoms with Gasteiger partial charge in [0, 0.05) is 6.54 Å². The average Bonchev–Trinajstić information content (AvgIpc) is 2.84. The molecule has 0 saturated heterocycles. The summed E-state index contributed by atoms with van der Waals surface area (Å²) in [6, 6.07) is 14.7. The van der Waals surface area contributed by atoms with Crippen molar-refractivity contribution in [2.75, 3.05) is 48.6 Å². The van der Waals surface area contributed by atoms with Gasteiger partial charge in [-0.2, -0.15) is 5.26 Å². The lowest BCUT2D eigenvalue weighted by Crippen LogP contribution is -2.32. The lowest BCUT2D eigenvalue weighted by Gasteiger charge is -2.33. The van der Waals surface area contributed by atoms with Gasteiger partial charge >= 0.3 is 0 Å². The maximum Gasteiger partial charge on any atom is 0.203 e. The average molecular weight is 491 g/mol. The van der Waals surface area contributed by atoms with Crippen LogP contribution in [0.15, 0.2) is 36.4 Å². The Morgan fingerprint density at radius 3 is 2.09 bits per heavy atom. The van der Waals surface area contributed by atoms with E-state index in [-0.39, 0.29) is 18.3 Å². The number of likely N-dealkylation sites (N-methyl/N-ethyl adjacent to an activating group) is 1. The third-order valence-electron chi connectivity index (χ3n) is 6.39. The molecule has 0 saturated carbocycles. The molecule has 0 aliphatic heterocycles. The molecule has 1 unspecified atom stereocenters. The van der Waals surface area contributed by atoms with Crippen LogP contribution in [0, 0.1) is 17.2 Å². The second-order valence-corrected chi connectivity index (χ2v) is 8.66. The van der Waals surface area contributed by atoms with Crippen LogP contribution in [0.1, 0.15) is 37.8 Å². The summed E-state index contributed by atoms with van der Waals surface area (Å²) in [5.41, 5.74) is 1.50. The largest absolute Gasteiger partial charge is 0.497 e. The van der Waals surface area contributed by atoms with Crippen LogP contribution >= 0.6 is 12.4 Å². The number of rotatable bonds is 13. The lowest BCUT2D eigenvalue weighted by molar-refractivity contribution is 0.290. The summed E-state index contributed by atoms with van der Waals surface area (Å²) in [4.78, 5) is 2.32. The molecule has 6 nitrogen and oxygen atoms in total. The number of hydrogen-bond acceptors (Lipinski definition) is 6. The van der Waals surface area contributed by atoms with Crippen molar-refractivity contribution < 1.29 is 18.9 Å². The molecule has 0 spiro atoms. The minimum Gasteiger partial charge on any atom is -0.497 e. The van der Waals surface area contributed by atoms with Gasteiger partial charge in [0.25, 0.3) is 0 Å². The van der Waals surface area contributed by atoms with E-state index in [0.29, 0.717) is 17.2 Å². The SMILES string of the molecule is COc1cccc(CCN(C)CCCC(C#N)(c2cc(OC)c(OC)c(OC)c2)C(C)C)c1.Cl. The third-order valence-corrected chi connectivity index (χ3v) is 6.39. The smallest absolute Gasteiger partial charge is 0.203 e. The van der Waals surface area contributed by atoms with Gasteiger partial charge in [-0.15, -0.1) is 12.4 Å². The molecule has 0 amide bonds. The van der Waals surface area contributed by atoms with Gasteiger partial charge in [0.1, 0.15) is 5.75 Å². The summed E-state index contributed by atoms with van der Waals surface area (Å²) in [7, 11) is 8.60. The van der Waals surface area contributed by atoms with Crippen molar-refractivity contribution in [3.8, 4) is 29.1 Å². The zero-order chi connectivity index (χ0) is 24.4. The molecule has 0 aromatic heterocycles. The Kier molecular flexibility index (Phi) is 12.1. The second-order valence-electron chi connectivity index (χ2n) is 8.66. The number of ether oxygens (including phenoxy) is 4. The highest BCUT2D eigenvalue weighted by atomic mass is 35.5. The molecule has 188 valence electrons. The van der Waals surface area contributed by atoms with E-state index >= 15 is 0 Å². The maximum atomic E-state index is 10.3. The van der Waals surface area contributed by atoms with E-state index in [1.807, 2.05) is 24.3 Å². The standard InChI is InChI=1S/C27H38N2O4.ClH/c1-20(2)27(19-28,22-17-24(31-5)26(33-7)25(18-22)32-6)13-9-14-29(3)15-12-21-10-8-11-23(16-21)30-4;/h8,10-11,16-18,20H,9,12-15H2,1-7H3;1H. The number of nitrogens with zero attached hydrogens (tertiary/aromatic N) is 2. The molecular formula is C27H39ClN2O4. The summed E-state index contributed by atoms with van der Waals surface area (Å²) in [5, 5.41) is 10.3. The summed E-state index contributed by atoms with van der Waals surface area (Å²) in [6.07, 6.45) is 2.59. The first-order valence-electron chi connectivity index (χ1n) is 11.4.